The van der Waals surface area contributed by atoms with Crippen LogP contribution in [-0.2, 0) is 9.53 Å². The van der Waals surface area contributed by atoms with Gasteiger partial charge in [-0.05, 0) is 18.8 Å². The highest BCUT2D eigenvalue weighted by Gasteiger charge is 2.30. The van der Waals surface area contributed by atoms with Gasteiger partial charge in [-0.1, -0.05) is 19.8 Å². The van der Waals surface area contributed by atoms with Gasteiger partial charge in [0.05, 0.1) is 13.2 Å². The third kappa shape index (κ3) is 3.83. The summed E-state index contributed by atoms with van der Waals surface area (Å²) in [5, 5.41) is 11.9. The molecule has 1 saturated carbocycles. The van der Waals surface area contributed by atoms with Crippen molar-refractivity contribution in [2.24, 2.45) is 5.92 Å². The molecule has 0 bridgehead atoms. The quantitative estimate of drug-likeness (QED) is 0.786. The maximum Gasteiger partial charge on any atom is 0.334 e. The second kappa shape index (κ2) is 6.23. The molecule has 1 aliphatic heterocycles. The predicted octanol–water partition coefficient (Wildman–Crippen LogP) is 1.06. The van der Waals surface area contributed by atoms with Crippen molar-refractivity contribution in [3.8, 4) is 0 Å². The second-order valence-corrected chi connectivity index (χ2v) is 5.56. The summed E-state index contributed by atoms with van der Waals surface area (Å²) in [6, 6.07) is 0.0658. The molecule has 0 spiro atoms. The van der Waals surface area contributed by atoms with E-state index in [1.54, 1.807) is 4.90 Å². The first-order valence-electron chi connectivity index (χ1n) is 6.96. The summed E-state index contributed by atoms with van der Waals surface area (Å²) >= 11 is 0. The molecule has 0 aromatic heterocycles. The first-order valence-corrected chi connectivity index (χ1v) is 6.96. The monoisotopic (exact) mass is 270 g/mol. The van der Waals surface area contributed by atoms with E-state index in [0.29, 0.717) is 12.5 Å². The average molecular weight is 270 g/mol. The minimum atomic E-state index is -1.01. The van der Waals surface area contributed by atoms with Gasteiger partial charge in [0.25, 0.3) is 0 Å². The van der Waals surface area contributed by atoms with E-state index in [0.717, 1.165) is 19.3 Å². The van der Waals surface area contributed by atoms with Crippen LogP contribution in [0.2, 0.25) is 0 Å². The number of hydrogen-bond acceptors (Lipinski definition) is 3. The topological polar surface area (TPSA) is 78.9 Å². The standard InChI is InChI=1S/C13H22N2O4/c1-9-3-2-4-10(7-9)14-13(18)15-5-6-19-11(8-15)12(16)17/h9-11H,2-8H2,1H3,(H,14,18)(H,16,17). The third-order valence-corrected chi connectivity index (χ3v) is 3.89. The van der Waals surface area contributed by atoms with Crippen LogP contribution in [0.5, 0.6) is 0 Å². The first-order chi connectivity index (χ1) is 9.06. The molecule has 6 nitrogen and oxygen atoms in total. The van der Waals surface area contributed by atoms with Crippen LogP contribution in [0.15, 0.2) is 0 Å². The van der Waals surface area contributed by atoms with E-state index in [4.69, 9.17) is 9.84 Å². The Morgan fingerprint density at radius 2 is 2.16 bits per heavy atom. The molecule has 1 aliphatic carbocycles. The maximum absolute atomic E-state index is 12.1. The fourth-order valence-electron chi connectivity index (χ4n) is 2.81. The summed E-state index contributed by atoms with van der Waals surface area (Å²) in [5.74, 6) is -0.362. The fourth-order valence-corrected chi connectivity index (χ4v) is 2.81. The number of carboxylic acids is 1. The summed E-state index contributed by atoms with van der Waals surface area (Å²) in [7, 11) is 0. The number of carboxylic acid groups (broad SMARTS) is 1. The molecule has 1 saturated heterocycles. The Bertz CT molecular complexity index is 348. The van der Waals surface area contributed by atoms with Crippen LogP contribution in [-0.4, -0.2) is 53.8 Å². The third-order valence-electron chi connectivity index (χ3n) is 3.89. The Morgan fingerprint density at radius 1 is 1.37 bits per heavy atom. The van der Waals surface area contributed by atoms with E-state index in [9.17, 15) is 9.59 Å². The number of hydrogen-bond donors (Lipinski definition) is 2. The zero-order valence-corrected chi connectivity index (χ0v) is 11.3. The van der Waals surface area contributed by atoms with Crippen LogP contribution in [0, 0.1) is 5.92 Å². The Labute approximate surface area is 113 Å². The van der Waals surface area contributed by atoms with Gasteiger partial charge in [-0.2, -0.15) is 0 Å². The highest BCUT2D eigenvalue weighted by atomic mass is 16.5. The van der Waals surface area contributed by atoms with E-state index in [-0.39, 0.29) is 25.2 Å². The highest BCUT2D eigenvalue weighted by Crippen LogP contribution is 2.23. The van der Waals surface area contributed by atoms with Crippen molar-refractivity contribution < 1.29 is 19.4 Å². The minimum absolute atomic E-state index is 0.128. The van der Waals surface area contributed by atoms with Crippen LogP contribution in [0.3, 0.4) is 0 Å². The number of nitrogens with zero attached hydrogens (tertiary/aromatic N) is 1. The highest BCUT2D eigenvalue weighted by molar-refractivity contribution is 5.77. The average Bonchev–Trinajstić information content (AvgIpc) is 2.39. The lowest BCUT2D eigenvalue weighted by Crippen LogP contribution is -2.53. The number of morpholine rings is 1. The van der Waals surface area contributed by atoms with Gasteiger partial charge in [0.1, 0.15) is 0 Å². The first kappa shape index (κ1) is 14.1. The number of carbonyl (C=O) groups excluding carboxylic acids is 1. The van der Waals surface area contributed by atoms with Crippen molar-refractivity contribution in [1.82, 2.24) is 10.2 Å². The SMILES string of the molecule is CC1CCCC(NC(=O)N2CCOC(C(=O)O)C2)C1. The minimum Gasteiger partial charge on any atom is -0.479 e. The number of ether oxygens (including phenoxy) is 1. The molecule has 2 fully saturated rings. The predicted molar refractivity (Wildman–Crippen MR) is 68.9 cm³/mol. The number of urea groups is 1. The molecule has 108 valence electrons. The zero-order valence-electron chi connectivity index (χ0n) is 11.3. The normalized spacial score (nSPS) is 31.8. The van der Waals surface area contributed by atoms with Crippen molar-refractivity contribution in [1.29, 1.82) is 0 Å². The molecule has 1 heterocycles. The molecule has 2 rings (SSSR count). The Morgan fingerprint density at radius 3 is 2.84 bits per heavy atom. The number of nitrogens with one attached hydrogen (secondary N) is 1. The Kier molecular flexibility index (Phi) is 4.63. The molecule has 6 heteroatoms. The van der Waals surface area contributed by atoms with Crippen LogP contribution in [0.4, 0.5) is 4.79 Å². The van der Waals surface area contributed by atoms with Gasteiger partial charge >= 0.3 is 12.0 Å². The van der Waals surface area contributed by atoms with E-state index >= 15 is 0 Å². The molecule has 3 atom stereocenters. The van der Waals surface area contributed by atoms with Crippen LogP contribution in [0.25, 0.3) is 0 Å². The Balaban J connectivity index is 1.83. The summed E-state index contributed by atoms with van der Waals surface area (Å²) < 4.78 is 5.11. The number of carbonyl (C=O) groups is 2. The van der Waals surface area contributed by atoms with E-state index < -0.39 is 12.1 Å². The number of aliphatic carboxylic acids is 1. The summed E-state index contributed by atoms with van der Waals surface area (Å²) in [6.45, 7) is 3.07. The number of amides is 2. The van der Waals surface area contributed by atoms with E-state index in [1.807, 2.05) is 0 Å². The summed E-state index contributed by atoms with van der Waals surface area (Å²) in [4.78, 5) is 24.5. The molecule has 3 unspecified atom stereocenters. The van der Waals surface area contributed by atoms with E-state index in [1.165, 1.54) is 6.42 Å². The van der Waals surface area contributed by atoms with Crippen molar-refractivity contribution in [2.75, 3.05) is 19.7 Å². The lowest BCUT2D eigenvalue weighted by atomic mass is 9.87. The largest absolute Gasteiger partial charge is 0.479 e. The van der Waals surface area contributed by atoms with Gasteiger partial charge in [-0.3, -0.25) is 0 Å². The van der Waals surface area contributed by atoms with Gasteiger partial charge in [-0.25, -0.2) is 9.59 Å². The molecule has 2 amide bonds. The molecule has 19 heavy (non-hydrogen) atoms. The molecular weight excluding hydrogens is 248 g/mol. The molecule has 2 aliphatic rings. The summed E-state index contributed by atoms with van der Waals surface area (Å²) in [6.07, 6.45) is 3.50. The molecule has 2 N–H and O–H groups in total. The smallest absolute Gasteiger partial charge is 0.334 e. The van der Waals surface area contributed by atoms with Gasteiger partial charge in [0.2, 0.25) is 0 Å². The number of rotatable bonds is 2. The van der Waals surface area contributed by atoms with Crippen molar-refractivity contribution in [2.45, 2.75) is 44.8 Å². The zero-order chi connectivity index (χ0) is 13.8. The van der Waals surface area contributed by atoms with Gasteiger partial charge < -0.3 is 20.1 Å². The van der Waals surface area contributed by atoms with E-state index in [2.05, 4.69) is 12.2 Å². The maximum atomic E-state index is 12.1. The lowest BCUT2D eigenvalue weighted by molar-refractivity contribution is -0.154. The molecule has 0 aromatic rings. The van der Waals surface area contributed by atoms with Crippen molar-refractivity contribution >= 4 is 12.0 Å². The second-order valence-electron chi connectivity index (χ2n) is 5.56. The molecule has 0 radical (unpaired) electrons. The van der Waals surface area contributed by atoms with Crippen LogP contribution >= 0.6 is 0 Å². The fraction of sp³-hybridized carbons (Fsp3) is 0.846. The van der Waals surface area contributed by atoms with Crippen molar-refractivity contribution in [3.63, 3.8) is 0 Å². The molecular formula is C13H22N2O4. The van der Waals surface area contributed by atoms with Crippen LogP contribution < -0.4 is 5.32 Å². The van der Waals surface area contributed by atoms with Crippen LogP contribution in [0.1, 0.15) is 32.6 Å². The lowest BCUT2D eigenvalue weighted by Gasteiger charge is -2.34. The van der Waals surface area contributed by atoms with Gasteiger partial charge in [-0.15, -0.1) is 0 Å². The van der Waals surface area contributed by atoms with Crippen molar-refractivity contribution in [3.05, 3.63) is 0 Å². The summed E-state index contributed by atoms with van der Waals surface area (Å²) in [5.41, 5.74) is 0. The Hall–Kier alpha value is -1.30. The van der Waals surface area contributed by atoms with Gasteiger partial charge in [0, 0.05) is 12.6 Å². The molecule has 0 aromatic carbocycles. The van der Waals surface area contributed by atoms with Gasteiger partial charge in [0.15, 0.2) is 6.10 Å².